The van der Waals surface area contributed by atoms with E-state index < -0.39 is 0 Å². The second-order valence-electron chi connectivity index (χ2n) is 5.73. The molecule has 0 fully saturated rings. The van der Waals surface area contributed by atoms with Crippen LogP contribution in [0.15, 0.2) is 53.4 Å². The Bertz CT molecular complexity index is 784. The van der Waals surface area contributed by atoms with Crippen molar-refractivity contribution in [3.05, 3.63) is 48.4 Å². The number of imidazole rings is 1. The second kappa shape index (κ2) is 4.74. The van der Waals surface area contributed by atoms with E-state index in [4.69, 9.17) is 0 Å². The Labute approximate surface area is 133 Å². The predicted octanol–water partition coefficient (Wildman–Crippen LogP) is 3.75. The van der Waals surface area contributed by atoms with Crippen molar-refractivity contribution >= 4 is 28.5 Å². The third-order valence-electron chi connectivity index (χ3n) is 4.43. The lowest BCUT2D eigenvalue weighted by molar-refractivity contribution is -0.109. The standard InChI is InChI=1S/C17H17N3OS/c1-3-13-6-7-14-17(10-13)8-4-5-9-19(17)16-18-11-15(20(14)16)22-12(2)21/h4-9,11H,3,10H2,1-2H3. The van der Waals surface area contributed by atoms with Crippen LogP contribution < -0.4 is 4.90 Å². The highest BCUT2D eigenvalue weighted by molar-refractivity contribution is 8.13. The maximum atomic E-state index is 11.5. The van der Waals surface area contributed by atoms with Crippen LogP contribution in [-0.4, -0.2) is 20.2 Å². The van der Waals surface area contributed by atoms with Crippen LogP contribution >= 0.6 is 11.8 Å². The predicted molar refractivity (Wildman–Crippen MR) is 89.5 cm³/mol. The summed E-state index contributed by atoms with van der Waals surface area (Å²) in [6.45, 7) is 3.78. The van der Waals surface area contributed by atoms with Crippen LogP contribution in [0.5, 0.6) is 0 Å². The van der Waals surface area contributed by atoms with E-state index in [1.807, 2.05) is 6.08 Å². The summed E-state index contributed by atoms with van der Waals surface area (Å²) in [4.78, 5) is 18.3. The fraction of sp³-hybridized carbons (Fsp3) is 0.294. The SMILES string of the molecule is CCC1=CC=C2n3c(SC(C)=O)cnc3N3C=CC=CC23C1. The van der Waals surface area contributed by atoms with Crippen LogP contribution in [-0.2, 0) is 4.79 Å². The summed E-state index contributed by atoms with van der Waals surface area (Å²) >= 11 is 1.24. The molecule has 1 aromatic rings. The average molecular weight is 311 g/mol. The van der Waals surface area contributed by atoms with Gasteiger partial charge in [0.15, 0.2) is 5.12 Å². The molecule has 3 aliphatic rings. The van der Waals surface area contributed by atoms with Gasteiger partial charge in [0.05, 0.1) is 11.9 Å². The highest BCUT2D eigenvalue weighted by Gasteiger charge is 2.49. The Hall–Kier alpha value is -2.01. The van der Waals surface area contributed by atoms with Gasteiger partial charge in [-0.15, -0.1) is 0 Å². The van der Waals surface area contributed by atoms with E-state index in [0.29, 0.717) is 0 Å². The van der Waals surface area contributed by atoms with Crippen LogP contribution in [0, 0.1) is 0 Å². The van der Waals surface area contributed by atoms with Gasteiger partial charge in [0, 0.05) is 19.5 Å². The van der Waals surface area contributed by atoms with Crippen LogP contribution in [0.2, 0.25) is 0 Å². The first kappa shape index (κ1) is 13.6. The fourth-order valence-electron chi connectivity index (χ4n) is 3.45. The van der Waals surface area contributed by atoms with Gasteiger partial charge in [-0.3, -0.25) is 9.36 Å². The molecule has 2 aliphatic heterocycles. The van der Waals surface area contributed by atoms with Crippen LogP contribution in [0.25, 0.3) is 5.70 Å². The molecule has 4 nitrogen and oxygen atoms in total. The Balaban J connectivity index is 1.92. The van der Waals surface area contributed by atoms with Gasteiger partial charge in [-0.25, -0.2) is 4.98 Å². The summed E-state index contributed by atoms with van der Waals surface area (Å²) < 4.78 is 2.12. The smallest absolute Gasteiger partial charge is 0.216 e. The summed E-state index contributed by atoms with van der Waals surface area (Å²) in [5, 5.41) is 0.964. The number of aromatic nitrogens is 2. The zero-order chi connectivity index (χ0) is 15.3. The minimum atomic E-state index is -0.190. The van der Waals surface area contributed by atoms with E-state index in [0.717, 1.165) is 23.8 Å². The van der Waals surface area contributed by atoms with E-state index in [1.165, 1.54) is 23.0 Å². The first-order valence-electron chi connectivity index (χ1n) is 7.48. The summed E-state index contributed by atoms with van der Waals surface area (Å²) in [5.74, 6) is 0.890. The maximum Gasteiger partial charge on any atom is 0.216 e. The van der Waals surface area contributed by atoms with Gasteiger partial charge >= 0.3 is 0 Å². The Morgan fingerprint density at radius 1 is 1.41 bits per heavy atom. The van der Waals surface area contributed by atoms with Crippen LogP contribution in [0.1, 0.15) is 26.7 Å². The minimum Gasteiger partial charge on any atom is -0.303 e. The van der Waals surface area contributed by atoms with Crippen molar-refractivity contribution in [1.29, 1.82) is 0 Å². The molecule has 0 saturated heterocycles. The Morgan fingerprint density at radius 2 is 2.27 bits per heavy atom. The van der Waals surface area contributed by atoms with Gasteiger partial charge in [0.2, 0.25) is 5.95 Å². The molecule has 0 radical (unpaired) electrons. The monoisotopic (exact) mass is 311 g/mol. The van der Waals surface area contributed by atoms with Crippen molar-refractivity contribution < 1.29 is 4.79 Å². The number of carbonyl (C=O) groups excluding carboxylic acids is 1. The van der Waals surface area contributed by atoms with Gasteiger partial charge < -0.3 is 4.90 Å². The third kappa shape index (κ3) is 1.72. The maximum absolute atomic E-state index is 11.5. The third-order valence-corrected chi connectivity index (χ3v) is 5.22. The number of hydrogen-bond donors (Lipinski definition) is 0. The van der Waals surface area contributed by atoms with Crippen molar-refractivity contribution in [3.63, 3.8) is 0 Å². The molecule has 1 aromatic heterocycles. The summed E-state index contributed by atoms with van der Waals surface area (Å²) in [6.07, 6.45) is 16.7. The second-order valence-corrected chi connectivity index (χ2v) is 6.92. The number of thioether (sulfide) groups is 1. The molecular weight excluding hydrogens is 294 g/mol. The molecule has 0 saturated carbocycles. The molecule has 1 unspecified atom stereocenters. The number of fused-ring (bicyclic) bond motifs is 3. The molecule has 5 heteroatoms. The van der Waals surface area contributed by atoms with Crippen molar-refractivity contribution in [1.82, 2.24) is 9.55 Å². The number of rotatable bonds is 2. The van der Waals surface area contributed by atoms with Crippen molar-refractivity contribution in [2.24, 2.45) is 0 Å². The quantitative estimate of drug-likeness (QED) is 0.780. The molecule has 112 valence electrons. The lowest BCUT2D eigenvalue weighted by Crippen LogP contribution is -2.44. The number of allylic oxidation sites excluding steroid dienone is 4. The molecule has 0 amide bonds. The largest absolute Gasteiger partial charge is 0.303 e. The number of hydrogen-bond acceptors (Lipinski definition) is 4. The van der Waals surface area contributed by atoms with Gasteiger partial charge in [-0.05, 0) is 30.3 Å². The van der Waals surface area contributed by atoms with Gasteiger partial charge in [0.1, 0.15) is 10.6 Å². The van der Waals surface area contributed by atoms with E-state index >= 15 is 0 Å². The molecule has 0 bridgehead atoms. The minimum absolute atomic E-state index is 0.0777. The fourth-order valence-corrected chi connectivity index (χ4v) is 4.12. The summed E-state index contributed by atoms with van der Waals surface area (Å²) in [7, 11) is 0. The summed E-state index contributed by atoms with van der Waals surface area (Å²) in [5.41, 5.74) is 2.42. The topological polar surface area (TPSA) is 38.1 Å². The number of anilines is 1. The van der Waals surface area contributed by atoms with Crippen molar-refractivity contribution in [3.8, 4) is 0 Å². The Kier molecular flexibility index (Phi) is 2.94. The average Bonchev–Trinajstić information content (AvgIpc) is 3.02. The zero-order valence-corrected chi connectivity index (χ0v) is 13.4. The van der Waals surface area contributed by atoms with Gasteiger partial charge in [-0.1, -0.05) is 30.7 Å². The van der Waals surface area contributed by atoms with E-state index in [2.05, 4.69) is 51.9 Å². The first-order valence-corrected chi connectivity index (χ1v) is 8.29. The van der Waals surface area contributed by atoms with Crippen LogP contribution in [0.4, 0.5) is 5.95 Å². The molecular formula is C17H17N3OS. The summed E-state index contributed by atoms with van der Waals surface area (Å²) in [6, 6.07) is 0. The number of carbonyl (C=O) groups is 1. The highest BCUT2D eigenvalue weighted by atomic mass is 32.2. The van der Waals surface area contributed by atoms with Gasteiger partial charge in [0.25, 0.3) is 0 Å². The molecule has 1 aliphatic carbocycles. The molecule has 0 aromatic carbocycles. The molecule has 4 rings (SSSR count). The first-order chi connectivity index (χ1) is 10.7. The molecule has 1 spiro atoms. The molecule has 22 heavy (non-hydrogen) atoms. The van der Waals surface area contributed by atoms with E-state index in [1.54, 1.807) is 13.1 Å². The van der Waals surface area contributed by atoms with E-state index in [-0.39, 0.29) is 10.7 Å². The molecule has 1 atom stereocenters. The lowest BCUT2D eigenvalue weighted by atomic mass is 9.81. The van der Waals surface area contributed by atoms with Gasteiger partial charge in [-0.2, -0.15) is 0 Å². The number of nitrogens with zero attached hydrogens (tertiary/aromatic N) is 3. The molecule has 0 N–H and O–H groups in total. The zero-order valence-electron chi connectivity index (χ0n) is 12.6. The van der Waals surface area contributed by atoms with Crippen LogP contribution in [0.3, 0.4) is 0 Å². The van der Waals surface area contributed by atoms with Crippen molar-refractivity contribution in [2.75, 3.05) is 4.90 Å². The van der Waals surface area contributed by atoms with Crippen molar-refractivity contribution in [2.45, 2.75) is 37.3 Å². The highest BCUT2D eigenvalue weighted by Crippen LogP contribution is 2.51. The Morgan fingerprint density at radius 3 is 3.05 bits per heavy atom. The molecule has 3 heterocycles. The lowest BCUT2D eigenvalue weighted by Gasteiger charge is -2.39. The normalized spacial score (nSPS) is 24.5. The van der Waals surface area contributed by atoms with E-state index in [9.17, 15) is 4.79 Å².